The Balaban J connectivity index is 2.76. The minimum atomic E-state index is -0.944. The summed E-state index contributed by atoms with van der Waals surface area (Å²) in [4.78, 5) is 22.3. The highest BCUT2D eigenvalue weighted by atomic mass is 35.5. The number of amides is 1. The largest absolute Gasteiger partial charge is 0.481 e. The molecule has 0 aromatic heterocycles. The van der Waals surface area contributed by atoms with Gasteiger partial charge in [0.25, 0.3) is 5.91 Å². The average molecular weight is 256 g/mol. The van der Waals surface area contributed by atoms with Crippen LogP contribution in [0.25, 0.3) is 0 Å². The van der Waals surface area contributed by atoms with E-state index < -0.39 is 12.0 Å². The topological polar surface area (TPSA) is 66.4 Å². The number of carbonyl (C=O) groups excluding carboxylic acids is 1. The molecule has 92 valence electrons. The Morgan fingerprint density at radius 3 is 2.71 bits per heavy atom. The van der Waals surface area contributed by atoms with Crippen LogP contribution in [0.2, 0.25) is 5.02 Å². The molecule has 1 amide bonds. The molecule has 17 heavy (non-hydrogen) atoms. The first-order valence-corrected chi connectivity index (χ1v) is 5.56. The summed E-state index contributed by atoms with van der Waals surface area (Å²) in [6, 6.07) is 4.60. The average Bonchev–Trinajstić information content (AvgIpc) is 2.20. The van der Waals surface area contributed by atoms with E-state index in [1.807, 2.05) is 0 Å². The highest BCUT2D eigenvalue weighted by Crippen LogP contribution is 2.15. The lowest BCUT2D eigenvalue weighted by Crippen LogP contribution is -2.34. The molecule has 0 aliphatic carbocycles. The summed E-state index contributed by atoms with van der Waals surface area (Å²) in [6.07, 6.45) is -0.106. The number of hydrogen-bond donors (Lipinski definition) is 2. The maximum Gasteiger partial charge on any atom is 0.305 e. The molecule has 0 radical (unpaired) electrons. The molecule has 0 heterocycles. The van der Waals surface area contributed by atoms with Crippen molar-refractivity contribution in [3.05, 3.63) is 34.3 Å². The summed E-state index contributed by atoms with van der Waals surface area (Å²) in [5, 5.41) is 11.7. The van der Waals surface area contributed by atoms with E-state index in [1.54, 1.807) is 32.0 Å². The van der Waals surface area contributed by atoms with Crippen molar-refractivity contribution in [3.63, 3.8) is 0 Å². The van der Waals surface area contributed by atoms with Crippen molar-refractivity contribution in [1.29, 1.82) is 0 Å². The first kappa shape index (κ1) is 13.5. The lowest BCUT2D eigenvalue weighted by Gasteiger charge is -2.13. The minimum Gasteiger partial charge on any atom is -0.481 e. The number of carboxylic acids is 1. The third kappa shape index (κ3) is 4.07. The van der Waals surface area contributed by atoms with Crippen LogP contribution in [0.4, 0.5) is 0 Å². The summed E-state index contributed by atoms with van der Waals surface area (Å²) in [5.41, 5.74) is 1.27. The van der Waals surface area contributed by atoms with E-state index in [0.29, 0.717) is 10.6 Å². The Morgan fingerprint density at radius 1 is 1.47 bits per heavy atom. The van der Waals surface area contributed by atoms with E-state index in [4.69, 9.17) is 16.7 Å². The van der Waals surface area contributed by atoms with Crippen LogP contribution in [0.1, 0.15) is 29.3 Å². The van der Waals surface area contributed by atoms with Crippen LogP contribution in [-0.2, 0) is 4.79 Å². The van der Waals surface area contributed by atoms with Gasteiger partial charge in [-0.15, -0.1) is 0 Å². The third-order valence-corrected chi connectivity index (χ3v) is 2.54. The van der Waals surface area contributed by atoms with Crippen LogP contribution in [0.3, 0.4) is 0 Å². The van der Waals surface area contributed by atoms with Gasteiger partial charge in [0.1, 0.15) is 0 Å². The fraction of sp³-hybridized carbons (Fsp3) is 0.333. The maximum absolute atomic E-state index is 11.8. The molecule has 1 aromatic carbocycles. The van der Waals surface area contributed by atoms with E-state index in [0.717, 1.165) is 5.56 Å². The number of nitrogens with one attached hydrogen (secondary N) is 1. The summed E-state index contributed by atoms with van der Waals surface area (Å²) in [5.74, 6) is -1.25. The predicted molar refractivity (Wildman–Crippen MR) is 65.4 cm³/mol. The van der Waals surface area contributed by atoms with Crippen LogP contribution in [-0.4, -0.2) is 23.0 Å². The number of halogens is 1. The lowest BCUT2D eigenvalue weighted by atomic mass is 10.1. The monoisotopic (exact) mass is 255 g/mol. The molecule has 0 spiro atoms. The van der Waals surface area contributed by atoms with Gasteiger partial charge >= 0.3 is 5.97 Å². The van der Waals surface area contributed by atoms with Crippen LogP contribution < -0.4 is 5.32 Å². The smallest absolute Gasteiger partial charge is 0.305 e. The summed E-state index contributed by atoms with van der Waals surface area (Å²) in [7, 11) is 0. The Bertz CT molecular complexity index is 445. The highest BCUT2D eigenvalue weighted by Gasteiger charge is 2.14. The van der Waals surface area contributed by atoms with Gasteiger partial charge < -0.3 is 10.4 Å². The van der Waals surface area contributed by atoms with Gasteiger partial charge in [0.2, 0.25) is 0 Å². The van der Waals surface area contributed by atoms with Gasteiger partial charge in [-0.3, -0.25) is 9.59 Å². The highest BCUT2D eigenvalue weighted by molar-refractivity contribution is 6.31. The van der Waals surface area contributed by atoms with Crippen molar-refractivity contribution in [2.45, 2.75) is 26.3 Å². The molecule has 0 bridgehead atoms. The van der Waals surface area contributed by atoms with Gasteiger partial charge in [0, 0.05) is 16.6 Å². The SMILES string of the molecule is Cc1ccc(Cl)cc1C(=O)NC(C)CC(=O)O. The molecule has 0 fully saturated rings. The molecular weight excluding hydrogens is 242 g/mol. The summed E-state index contributed by atoms with van der Waals surface area (Å²) in [6.45, 7) is 3.44. The van der Waals surface area contributed by atoms with Crippen LogP contribution in [0, 0.1) is 6.92 Å². The number of hydrogen-bond acceptors (Lipinski definition) is 2. The Labute approximate surface area is 105 Å². The van der Waals surface area contributed by atoms with Crippen LogP contribution >= 0.6 is 11.6 Å². The number of benzene rings is 1. The van der Waals surface area contributed by atoms with Gasteiger partial charge in [-0.25, -0.2) is 0 Å². The van der Waals surface area contributed by atoms with E-state index >= 15 is 0 Å². The summed E-state index contributed by atoms with van der Waals surface area (Å²) >= 11 is 5.81. The lowest BCUT2D eigenvalue weighted by molar-refractivity contribution is -0.137. The maximum atomic E-state index is 11.8. The molecule has 1 rings (SSSR count). The van der Waals surface area contributed by atoms with Crippen molar-refractivity contribution < 1.29 is 14.7 Å². The van der Waals surface area contributed by atoms with Gasteiger partial charge in [-0.05, 0) is 31.5 Å². The number of carboxylic acid groups (broad SMARTS) is 1. The number of carbonyl (C=O) groups is 2. The molecule has 1 atom stereocenters. The number of aliphatic carboxylic acids is 1. The normalized spacial score (nSPS) is 11.9. The second-order valence-electron chi connectivity index (χ2n) is 3.93. The Kier molecular flexibility index (Phi) is 4.52. The second-order valence-corrected chi connectivity index (χ2v) is 4.37. The third-order valence-electron chi connectivity index (χ3n) is 2.30. The molecule has 0 aliphatic rings. The second kappa shape index (κ2) is 5.68. The molecular formula is C12H14ClNO3. The predicted octanol–water partition coefficient (Wildman–Crippen LogP) is 2.24. The van der Waals surface area contributed by atoms with Crippen LogP contribution in [0.5, 0.6) is 0 Å². The minimum absolute atomic E-state index is 0.106. The molecule has 2 N–H and O–H groups in total. The number of aryl methyl sites for hydroxylation is 1. The molecule has 4 nitrogen and oxygen atoms in total. The zero-order valence-electron chi connectivity index (χ0n) is 9.66. The van der Waals surface area contributed by atoms with Gasteiger partial charge in [0.15, 0.2) is 0 Å². The van der Waals surface area contributed by atoms with E-state index in [-0.39, 0.29) is 12.3 Å². The van der Waals surface area contributed by atoms with Crippen molar-refractivity contribution >= 4 is 23.5 Å². The van der Waals surface area contributed by atoms with Crippen molar-refractivity contribution in [1.82, 2.24) is 5.32 Å². The zero-order valence-corrected chi connectivity index (χ0v) is 10.4. The standard InChI is InChI=1S/C12H14ClNO3/c1-7-3-4-9(13)6-10(7)12(17)14-8(2)5-11(15)16/h3-4,6,8H,5H2,1-2H3,(H,14,17)(H,15,16). The first-order valence-electron chi connectivity index (χ1n) is 5.19. The van der Waals surface area contributed by atoms with Crippen molar-refractivity contribution in [2.75, 3.05) is 0 Å². The van der Waals surface area contributed by atoms with E-state index in [9.17, 15) is 9.59 Å². The van der Waals surface area contributed by atoms with E-state index in [2.05, 4.69) is 5.32 Å². The number of rotatable bonds is 4. The zero-order chi connectivity index (χ0) is 13.0. The van der Waals surface area contributed by atoms with Gasteiger partial charge in [-0.2, -0.15) is 0 Å². The fourth-order valence-corrected chi connectivity index (χ4v) is 1.63. The molecule has 1 unspecified atom stereocenters. The quantitative estimate of drug-likeness (QED) is 0.867. The van der Waals surface area contributed by atoms with Crippen LogP contribution in [0.15, 0.2) is 18.2 Å². The summed E-state index contributed by atoms with van der Waals surface area (Å²) < 4.78 is 0. The van der Waals surface area contributed by atoms with Crippen molar-refractivity contribution in [2.24, 2.45) is 0 Å². The molecule has 0 aliphatic heterocycles. The fourth-order valence-electron chi connectivity index (χ4n) is 1.45. The Morgan fingerprint density at radius 2 is 2.12 bits per heavy atom. The first-order chi connectivity index (χ1) is 7.90. The van der Waals surface area contributed by atoms with Crippen molar-refractivity contribution in [3.8, 4) is 0 Å². The molecule has 0 saturated heterocycles. The van der Waals surface area contributed by atoms with Gasteiger partial charge in [0.05, 0.1) is 6.42 Å². The van der Waals surface area contributed by atoms with Gasteiger partial charge in [-0.1, -0.05) is 17.7 Å². The Hall–Kier alpha value is -1.55. The molecule has 1 aromatic rings. The van der Waals surface area contributed by atoms with E-state index in [1.165, 1.54) is 0 Å². The molecule has 0 saturated carbocycles. The molecule has 5 heteroatoms.